The van der Waals surface area contributed by atoms with Crippen LogP contribution in [0.4, 0.5) is 0 Å². The molecule has 4 rings (SSSR count). The quantitative estimate of drug-likeness (QED) is 0.183. The third-order valence-corrected chi connectivity index (χ3v) is 7.84. The second kappa shape index (κ2) is 12.7. The monoisotopic (exact) mass is 565 g/mol. The topological polar surface area (TPSA) is 88.6 Å². The molecule has 0 fully saturated rings. The van der Waals surface area contributed by atoms with Gasteiger partial charge in [-0.15, -0.1) is 0 Å². The number of ether oxygens (including phenoxy) is 2. The molecule has 0 radical (unpaired) electrons. The van der Waals surface area contributed by atoms with Gasteiger partial charge in [0, 0.05) is 12.3 Å². The number of benzene rings is 3. The summed E-state index contributed by atoms with van der Waals surface area (Å²) < 4.78 is 42.8. The van der Waals surface area contributed by atoms with Crippen LogP contribution in [-0.2, 0) is 21.0 Å². The van der Waals surface area contributed by atoms with Crippen LogP contribution in [0.5, 0.6) is 11.5 Å². The third-order valence-electron chi connectivity index (χ3n) is 4.85. The summed E-state index contributed by atoms with van der Waals surface area (Å²) in [6, 6.07) is 30.0. The van der Waals surface area contributed by atoms with Crippen LogP contribution in [-0.4, -0.2) is 29.2 Å². The Hall–Kier alpha value is -3.33. The SMILES string of the molecule is CC(C)(C)Oc1ccc([S+](c2ccc(OC(C)(C)C)cc2)c2ccccn2)cc1.O=S(=O)([O-])c1ccccc1. The summed E-state index contributed by atoms with van der Waals surface area (Å²) in [6.45, 7) is 12.3. The molecule has 0 aliphatic carbocycles. The molecule has 1 aromatic heterocycles. The first-order chi connectivity index (χ1) is 18.2. The summed E-state index contributed by atoms with van der Waals surface area (Å²) in [7, 11) is -4.55. The molecule has 0 atom stereocenters. The van der Waals surface area contributed by atoms with E-state index in [1.54, 1.807) is 6.07 Å². The lowest BCUT2D eigenvalue weighted by atomic mass is 10.2. The van der Waals surface area contributed by atoms with Crippen molar-refractivity contribution < 1.29 is 22.4 Å². The molecule has 0 bridgehead atoms. The van der Waals surface area contributed by atoms with Gasteiger partial charge in [0.25, 0.3) is 5.03 Å². The molecule has 0 unspecified atom stereocenters. The molecular formula is C31H35NO5S2. The van der Waals surface area contributed by atoms with Crippen LogP contribution in [0.25, 0.3) is 0 Å². The van der Waals surface area contributed by atoms with E-state index in [0.29, 0.717) is 0 Å². The van der Waals surface area contributed by atoms with E-state index in [0.717, 1.165) is 16.5 Å². The van der Waals surface area contributed by atoms with Crippen molar-refractivity contribution in [3.8, 4) is 11.5 Å². The fourth-order valence-corrected chi connectivity index (χ4v) is 5.87. The van der Waals surface area contributed by atoms with Crippen LogP contribution in [0, 0.1) is 0 Å². The fourth-order valence-electron chi connectivity index (χ4n) is 3.43. The predicted octanol–water partition coefficient (Wildman–Crippen LogP) is 7.12. The molecule has 0 saturated carbocycles. The van der Waals surface area contributed by atoms with Crippen LogP contribution in [0.3, 0.4) is 0 Å². The Kier molecular flexibility index (Phi) is 9.83. The molecule has 0 spiro atoms. The van der Waals surface area contributed by atoms with Gasteiger partial charge in [-0.25, -0.2) is 13.4 Å². The van der Waals surface area contributed by atoms with Crippen molar-refractivity contribution in [2.24, 2.45) is 0 Å². The third kappa shape index (κ3) is 10.1. The van der Waals surface area contributed by atoms with E-state index in [9.17, 15) is 13.0 Å². The molecule has 39 heavy (non-hydrogen) atoms. The largest absolute Gasteiger partial charge is 0.744 e. The van der Waals surface area contributed by atoms with Crippen LogP contribution >= 0.6 is 0 Å². The number of hydrogen-bond donors (Lipinski definition) is 0. The number of aromatic nitrogens is 1. The number of hydrogen-bond acceptors (Lipinski definition) is 6. The molecule has 0 aliphatic heterocycles. The highest BCUT2D eigenvalue weighted by atomic mass is 32.2. The maximum Gasteiger partial charge on any atom is 0.258 e. The van der Waals surface area contributed by atoms with E-state index < -0.39 is 10.1 Å². The van der Waals surface area contributed by atoms with Gasteiger partial charge in [0.15, 0.2) is 9.79 Å². The van der Waals surface area contributed by atoms with E-state index in [1.807, 2.05) is 42.6 Å². The molecule has 1 heterocycles. The molecule has 0 aliphatic rings. The zero-order valence-corrected chi connectivity index (χ0v) is 24.8. The Morgan fingerprint density at radius 3 is 1.41 bits per heavy atom. The van der Waals surface area contributed by atoms with Gasteiger partial charge >= 0.3 is 0 Å². The molecule has 206 valence electrons. The molecular weight excluding hydrogens is 530 g/mol. The second-order valence-electron chi connectivity index (χ2n) is 10.6. The van der Waals surface area contributed by atoms with Crippen molar-refractivity contribution in [1.82, 2.24) is 4.98 Å². The lowest BCUT2D eigenvalue weighted by Crippen LogP contribution is -2.23. The van der Waals surface area contributed by atoms with E-state index >= 15 is 0 Å². The van der Waals surface area contributed by atoms with E-state index in [-0.39, 0.29) is 27.0 Å². The average Bonchev–Trinajstić information content (AvgIpc) is 2.86. The highest BCUT2D eigenvalue weighted by Crippen LogP contribution is 2.33. The van der Waals surface area contributed by atoms with Crippen molar-refractivity contribution in [2.75, 3.05) is 0 Å². The minimum atomic E-state index is -4.25. The first-order valence-corrected chi connectivity index (χ1v) is 15.1. The lowest BCUT2D eigenvalue weighted by molar-refractivity contribution is 0.130. The van der Waals surface area contributed by atoms with Gasteiger partial charge in [-0.3, -0.25) is 0 Å². The van der Waals surface area contributed by atoms with E-state index in [1.165, 1.54) is 34.1 Å². The Bertz CT molecular complexity index is 1350. The van der Waals surface area contributed by atoms with Crippen molar-refractivity contribution in [1.29, 1.82) is 0 Å². The van der Waals surface area contributed by atoms with Gasteiger partial charge in [0.2, 0.25) is 0 Å². The van der Waals surface area contributed by atoms with E-state index in [2.05, 4.69) is 76.9 Å². The zero-order valence-electron chi connectivity index (χ0n) is 23.1. The normalized spacial score (nSPS) is 11.9. The fraction of sp³-hybridized carbons (Fsp3) is 0.258. The van der Waals surface area contributed by atoms with Crippen molar-refractivity contribution >= 4 is 21.0 Å². The summed E-state index contributed by atoms with van der Waals surface area (Å²) in [6.07, 6.45) is 1.85. The first kappa shape index (κ1) is 30.2. The molecule has 4 aromatic rings. The van der Waals surface area contributed by atoms with Crippen molar-refractivity contribution in [3.63, 3.8) is 0 Å². The van der Waals surface area contributed by atoms with Crippen LogP contribution in [0.1, 0.15) is 41.5 Å². The van der Waals surface area contributed by atoms with Crippen molar-refractivity contribution in [3.05, 3.63) is 103 Å². The summed E-state index contributed by atoms with van der Waals surface area (Å²) in [5.41, 5.74) is -0.430. The number of nitrogens with zero attached hydrogens (tertiary/aromatic N) is 1. The second-order valence-corrected chi connectivity index (χ2v) is 14.0. The molecule has 8 heteroatoms. The van der Waals surface area contributed by atoms with Crippen molar-refractivity contribution in [2.45, 2.75) is 72.5 Å². The Balaban J connectivity index is 0.000000353. The summed E-state index contributed by atoms with van der Waals surface area (Å²) in [5.74, 6) is 1.75. The molecule has 0 amide bonds. The maximum absolute atomic E-state index is 10.3. The van der Waals surface area contributed by atoms with Gasteiger partial charge < -0.3 is 14.0 Å². The first-order valence-electron chi connectivity index (χ1n) is 12.5. The highest BCUT2D eigenvalue weighted by Gasteiger charge is 2.30. The standard InChI is InChI=1S/C25H30NO2S.C6H6O3S/c1-24(2,3)27-19-10-14-21(15-11-19)29(23-9-7-8-18-26-23)22-16-12-20(13-17-22)28-25(4,5)6;7-10(8,9)6-4-2-1-3-5-6/h7-18H,1-6H3;1-5H,(H,7,8,9)/q+1;/p-1. The molecule has 0 saturated heterocycles. The van der Waals surface area contributed by atoms with Gasteiger partial charge in [0.05, 0.1) is 4.90 Å². The van der Waals surface area contributed by atoms with Gasteiger partial charge in [-0.1, -0.05) is 24.3 Å². The number of rotatable bonds is 6. The molecule has 6 nitrogen and oxygen atoms in total. The lowest BCUT2D eigenvalue weighted by Gasteiger charge is -2.21. The smallest absolute Gasteiger partial charge is 0.258 e. The van der Waals surface area contributed by atoms with Gasteiger partial charge in [0.1, 0.15) is 43.7 Å². The summed E-state index contributed by atoms with van der Waals surface area (Å²) >= 11 is 0. The highest BCUT2D eigenvalue weighted by molar-refractivity contribution is 7.97. The Morgan fingerprint density at radius 2 is 1.08 bits per heavy atom. The molecule has 0 N–H and O–H groups in total. The predicted molar refractivity (Wildman–Crippen MR) is 154 cm³/mol. The minimum Gasteiger partial charge on any atom is -0.744 e. The maximum atomic E-state index is 10.3. The van der Waals surface area contributed by atoms with Crippen LogP contribution < -0.4 is 9.47 Å². The van der Waals surface area contributed by atoms with Gasteiger partial charge in [-0.2, -0.15) is 0 Å². The average molecular weight is 566 g/mol. The Morgan fingerprint density at radius 1 is 0.641 bits per heavy atom. The number of pyridine rings is 1. The summed E-state index contributed by atoms with van der Waals surface area (Å²) in [4.78, 5) is 6.87. The van der Waals surface area contributed by atoms with Crippen LogP contribution in [0.2, 0.25) is 0 Å². The minimum absolute atomic E-state index is 0.185. The van der Waals surface area contributed by atoms with E-state index in [4.69, 9.17) is 9.47 Å². The summed E-state index contributed by atoms with van der Waals surface area (Å²) in [5, 5.41) is 1.04. The molecule has 3 aromatic carbocycles. The zero-order chi connectivity index (χ0) is 28.7. The van der Waals surface area contributed by atoms with Crippen LogP contribution in [0.15, 0.2) is 123 Å². The Labute approximate surface area is 235 Å². The van der Waals surface area contributed by atoms with Gasteiger partial charge in [-0.05, 0) is 108 Å².